The van der Waals surface area contributed by atoms with Crippen LogP contribution >= 0.6 is 0 Å². The molecule has 0 unspecified atom stereocenters. The highest BCUT2D eigenvalue weighted by Gasteiger charge is 2.80. The molecule has 19 atom stereocenters. The number of aromatic hydroxyl groups is 1. The van der Waals surface area contributed by atoms with Gasteiger partial charge in [-0.2, -0.15) is 0 Å². The van der Waals surface area contributed by atoms with Gasteiger partial charge >= 0.3 is 0 Å². The van der Waals surface area contributed by atoms with Gasteiger partial charge in [0.2, 0.25) is 0 Å². The predicted octanol–water partition coefficient (Wildman–Crippen LogP) is 10.8. The number of nitrogens with one attached hydrogen (secondary N) is 2. The van der Waals surface area contributed by atoms with Gasteiger partial charge in [-0.3, -0.25) is 9.59 Å². The molecule has 80 heavy (non-hydrogen) atoms. The molecule has 0 radical (unpaired) electrons. The number of ether oxygens (including phenoxy) is 1. The molecule has 0 aromatic heterocycles. The summed E-state index contributed by atoms with van der Waals surface area (Å²) in [6, 6.07) is 14.2. The molecule has 7 bridgehead atoms. The van der Waals surface area contributed by atoms with E-state index >= 15 is 9.59 Å². The van der Waals surface area contributed by atoms with Crippen molar-refractivity contribution in [2.75, 3.05) is 32.5 Å². The van der Waals surface area contributed by atoms with E-state index in [1.165, 1.54) is 11.1 Å². The number of carbonyl (C=O) groups excluding carboxylic acids is 2. The number of phenolic OH excluding ortho intramolecular Hbond substituents is 1. The van der Waals surface area contributed by atoms with Gasteiger partial charge in [0.25, 0.3) is 0 Å². The first-order chi connectivity index (χ1) is 38.4. The largest absolute Gasteiger partial charge is 0.508 e. The molecular weight excluding hydrogens is 999 g/mol. The normalized spacial score (nSPS) is 45.9. The molecule has 11 aliphatic rings. The fraction of sp³-hybridized carbons (Fsp3) is 0.768. The number of ketones is 2. The van der Waals surface area contributed by atoms with Crippen LogP contribution in [0.5, 0.6) is 5.75 Å². The maximum atomic E-state index is 17.0. The van der Waals surface area contributed by atoms with Crippen molar-refractivity contribution in [2.24, 2.45) is 74.9 Å². The maximum Gasteiger partial charge on any atom is 0.160 e. The molecule has 2 heterocycles. The molecule has 9 N–H and O–H groups in total. The smallest absolute Gasteiger partial charge is 0.160 e. The number of anilines is 1. The molecule has 9 aliphatic carbocycles. The van der Waals surface area contributed by atoms with Gasteiger partial charge in [0.15, 0.2) is 5.78 Å². The van der Waals surface area contributed by atoms with E-state index in [9.17, 15) is 25.5 Å². The lowest BCUT2D eigenvalue weighted by molar-refractivity contribution is -0.253. The van der Waals surface area contributed by atoms with Crippen LogP contribution in [0.3, 0.4) is 0 Å². The minimum absolute atomic E-state index is 0.0167. The third-order valence-electron chi connectivity index (χ3n) is 26.4. The van der Waals surface area contributed by atoms with Crippen molar-refractivity contribution >= 4 is 17.3 Å². The van der Waals surface area contributed by atoms with E-state index in [0.717, 1.165) is 151 Å². The van der Waals surface area contributed by atoms with Crippen molar-refractivity contribution < 1.29 is 39.9 Å². The van der Waals surface area contributed by atoms with E-state index in [0.29, 0.717) is 62.8 Å². The summed E-state index contributed by atoms with van der Waals surface area (Å²) in [5, 5.41) is 68.4. The van der Waals surface area contributed by atoms with Crippen LogP contribution in [-0.4, -0.2) is 93.4 Å². The average Bonchev–Trinajstić information content (AvgIpc) is 2.34. The predicted molar refractivity (Wildman–Crippen MR) is 311 cm³/mol. The highest BCUT2D eigenvalue weighted by molar-refractivity contribution is 6.01. The molecule has 2 aromatic rings. The molecule has 7 saturated carbocycles. The van der Waals surface area contributed by atoms with Crippen LogP contribution in [-0.2, 0) is 26.3 Å². The molecule has 9 fully saturated rings. The Labute approximate surface area is 477 Å². The third-order valence-corrected chi connectivity index (χ3v) is 26.4. The minimum Gasteiger partial charge on any atom is -0.508 e. The zero-order valence-electron chi connectivity index (χ0n) is 49.1. The van der Waals surface area contributed by atoms with Crippen molar-refractivity contribution in [1.82, 2.24) is 10.6 Å². The summed E-state index contributed by atoms with van der Waals surface area (Å²) < 4.78 is 6.87. The Morgan fingerprint density at radius 2 is 1.66 bits per heavy atom. The first kappa shape index (κ1) is 56.0. The Hall–Kier alpha value is -3.16. The van der Waals surface area contributed by atoms with Gasteiger partial charge in [-0.05, 0) is 253 Å². The summed E-state index contributed by atoms with van der Waals surface area (Å²) in [5.41, 5.74) is 8.15. The highest BCUT2D eigenvalue weighted by atomic mass is 16.6. The van der Waals surface area contributed by atoms with Crippen molar-refractivity contribution in [2.45, 2.75) is 229 Å². The van der Waals surface area contributed by atoms with Crippen LogP contribution in [0.1, 0.15) is 204 Å². The van der Waals surface area contributed by atoms with E-state index in [1.54, 1.807) is 0 Å². The fourth-order valence-corrected chi connectivity index (χ4v) is 23.7. The number of epoxide rings is 1. The second-order valence-corrected chi connectivity index (χ2v) is 30.1. The Kier molecular flexibility index (Phi) is 14.4. The van der Waals surface area contributed by atoms with E-state index in [1.807, 2.05) is 32.2 Å². The molecule has 0 amide bonds. The van der Waals surface area contributed by atoms with E-state index in [2.05, 4.69) is 48.7 Å². The monoisotopic (exact) mass is 1100 g/mol. The number of benzene rings is 2. The van der Waals surface area contributed by atoms with E-state index in [-0.39, 0.29) is 89.7 Å². The summed E-state index contributed by atoms with van der Waals surface area (Å²) in [7, 11) is 1.94. The van der Waals surface area contributed by atoms with Gasteiger partial charge in [0.1, 0.15) is 17.6 Å². The Bertz CT molecular complexity index is 2740. The summed E-state index contributed by atoms with van der Waals surface area (Å²) in [4.78, 5) is 33.5. The molecule has 11 heteroatoms. The lowest BCUT2D eigenvalue weighted by Gasteiger charge is -2.76. The van der Waals surface area contributed by atoms with Crippen molar-refractivity contribution in [3.63, 3.8) is 0 Å². The van der Waals surface area contributed by atoms with Gasteiger partial charge in [-0.1, -0.05) is 69.2 Å². The number of phenols is 1. The number of allylic oxidation sites excluding steroid dienone is 2. The number of β-amino-alcohol motifs (C(OH)–C–C–N with tert-alkyl or cyclic N) is 1. The van der Waals surface area contributed by atoms with Gasteiger partial charge in [-0.15, -0.1) is 0 Å². The number of aliphatic hydroxyl groups is 4. The van der Waals surface area contributed by atoms with Gasteiger partial charge in [0.05, 0.1) is 22.7 Å². The number of hydrogen-bond acceptors (Lipinski definition) is 11. The topological polar surface area (TPSA) is 198 Å². The molecule has 13 rings (SSSR count). The highest BCUT2D eigenvalue weighted by Crippen LogP contribution is 2.82. The Morgan fingerprint density at radius 3 is 2.44 bits per heavy atom. The maximum absolute atomic E-state index is 17.0. The van der Waals surface area contributed by atoms with Gasteiger partial charge in [-0.25, -0.2) is 0 Å². The summed E-state index contributed by atoms with van der Waals surface area (Å²) in [6.07, 6.45) is 20.3. The lowest BCUT2D eigenvalue weighted by atomic mass is 9.28. The first-order valence-electron chi connectivity index (χ1n) is 32.6. The lowest BCUT2D eigenvalue weighted by Crippen LogP contribution is -2.76. The van der Waals surface area contributed by atoms with Crippen LogP contribution in [0.25, 0.3) is 0 Å². The van der Waals surface area contributed by atoms with E-state index < -0.39 is 39.0 Å². The van der Waals surface area contributed by atoms with Crippen LogP contribution in [0.15, 0.2) is 53.6 Å². The zero-order valence-corrected chi connectivity index (χ0v) is 49.1. The number of nitrogen functional groups attached to an aromatic ring is 1. The Balaban J connectivity index is 1.01. The number of carbonyl (C=O) groups is 2. The summed E-state index contributed by atoms with van der Waals surface area (Å²) in [5.74, 6) is 1.95. The van der Waals surface area contributed by atoms with Crippen LogP contribution < -0.4 is 16.4 Å². The minimum atomic E-state index is -0.940. The molecule has 2 saturated heterocycles. The molecule has 11 nitrogen and oxygen atoms in total. The second-order valence-electron chi connectivity index (χ2n) is 30.1. The number of aliphatic hydroxyl groups excluding tert-OH is 3. The molecule has 2 aliphatic heterocycles. The number of rotatable bonds is 11. The molecule has 2 spiro atoms. The number of Topliss-reactive ketones (excluding diaryl/α,β-unsaturated/α-hetero) is 2. The van der Waals surface area contributed by atoms with Crippen LogP contribution in [0, 0.1) is 74.9 Å². The van der Waals surface area contributed by atoms with E-state index in [4.69, 9.17) is 10.5 Å². The Morgan fingerprint density at radius 1 is 0.863 bits per heavy atom. The number of nitrogens with two attached hydrogens (primary N) is 1. The van der Waals surface area contributed by atoms with Crippen LogP contribution in [0.2, 0.25) is 0 Å². The zero-order chi connectivity index (χ0) is 55.8. The summed E-state index contributed by atoms with van der Waals surface area (Å²) in [6.45, 7) is 7.74. The van der Waals surface area contributed by atoms with Crippen molar-refractivity contribution in [3.05, 3.63) is 70.3 Å². The molecular formula is C69H99N3O8. The fourth-order valence-electron chi connectivity index (χ4n) is 23.7. The van der Waals surface area contributed by atoms with Gasteiger partial charge in [0, 0.05) is 55.3 Å². The second kappa shape index (κ2) is 20.5. The summed E-state index contributed by atoms with van der Waals surface area (Å²) >= 11 is 0. The SMILES string of the molecule is CNCc1cc(O)cc([C@]23CCC[C@]45CC(=O)C6=C4CC[C@@H]4[C@](C7CCCC7)(C2)[C@H]2[C@H](C[C@@]45[C@H](CO)CC[C@@H]4CC[C@H](CO)C[C@@H]4[C@@H]6C[C@@H](O)[C@H]4O[C@]4(C)[C@@H]4CCC[C@H]4c4cccc(N)c4)NC[C@@](C)(O)CCCC[C@@]2(C)C3=O)c1. The van der Waals surface area contributed by atoms with Crippen LogP contribution in [0.4, 0.5) is 5.69 Å². The molecule has 438 valence electrons. The number of hydrogen-bond donors (Lipinski definition) is 8. The standard InChI is InChI=1S/C69H99N3O8/c1-63(79)24-7-8-25-64(2)60-55(72-40-63)34-69-46(38-74)21-20-43-19-18-41(37-73)30-51(43)52(33-56(76)61-65(3,80-61)53-17-10-16-50(53)44-12-9-15-48(70)31-44)59-54-22-23-58(69)68(60,45-13-5-6-14-45)39-66(62(64)78,26-11-27-67(54,69)35-57(59)77)47-28-42(36-71-4)29-49(75)32-47/h9,12,15,28-29,31-32,41,43,45-46,50-53,55-56,58,60-61,71-76,79H,5-8,10-11,13-14,16-27,30,33-40,70H2,1-4H3/t41-,43-,46-,50-,51-,52-,53+,55-,56+,58+,60-,61+,63-,64+,65+,66-,67-,68+,69+/m0/s1. The third kappa shape index (κ3) is 8.37. The quantitative estimate of drug-likeness (QED) is 0.0787. The number of fused-ring (bicyclic) bond motifs is 2. The van der Waals surface area contributed by atoms with Crippen molar-refractivity contribution in [3.8, 4) is 5.75 Å². The van der Waals surface area contributed by atoms with Crippen molar-refractivity contribution in [1.29, 1.82) is 0 Å². The average molecular weight is 1100 g/mol. The first-order valence-corrected chi connectivity index (χ1v) is 32.6. The van der Waals surface area contributed by atoms with Gasteiger partial charge < -0.3 is 46.6 Å². The molecule has 2 aromatic carbocycles.